The van der Waals surface area contributed by atoms with E-state index >= 15 is 0 Å². The van der Waals surface area contributed by atoms with E-state index in [0.717, 1.165) is 5.56 Å². The van der Waals surface area contributed by atoms with Gasteiger partial charge in [-0.15, -0.1) is 0 Å². The molecule has 0 amide bonds. The van der Waals surface area contributed by atoms with Gasteiger partial charge in [-0.1, -0.05) is 18.2 Å². The lowest BCUT2D eigenvalue weighted by atomic mass is 10.2. The minimum absolute atomic E-state index is 0.0938. The number of carbonyl (C=O) groups is 1. The topological polar surface area (TPSA) is 92.7 Å². The first-order chi connectivity index (χ1) is 8.94. The Labute approximate surface area is 112 Å². The summed E-state index contributed by atoms with van der Waals surface area (Å²) in [5.41, 5.74) is 0.729. The first-order valence-corrected chi connectivity index (χ1v) is 7.41. The largest absolute Gasteiger partial charge is 0.496 e. The third kappa shape index (κ3) is 5.71. The summed E-state index contributed by atoms with van der Waals surface area (Å²) in [7, 11) is -1.96. The van der Waals surface area contributed by atoms with Gasteiger partial charge in [0, 0.05) is 18.5 Å². The van der Waals surface area contributed by atoms with E-state index < -0.39 is 16.0 Å². The summed E-state index contributed by atoms with van der Waals surface area (Å²) < 4.78 is 30.8. The summed E-state index contributed by atoms with van der Waals surface area (Å²) in [4.78, 5) is 10.3. The van der Waals surface area contributed by atoms with Gasteiger partial charge in [-0.25, -0.2) is 13.1 Å². The molecule has 1 aromatic rings. The summed E-state index contributed by atoms with van der Waals surface area (Å²) in [6.07, 6.45) is -0.0633. The van der Waals surface area contributed by atoms with Crippen LogP contribution in [-0.4, -0.2) is 32.4 Å². The molecule has 0 saturated carbocycles. The molecule has 0 radical (unpaired) electrons. The van der Waals surface area contributed by atoms with E-state index in [9.17, 15) is 13.2 Å². The van der Waals surface area contributed by atoms with Gasteiger partial charge in [0.05, 0.1) is 12.9 Å². The van der Waals surface area contributed by atoms with Crippen molar-refractivity contribution in [2.45, 2.75) is 19.4 Å². The standard InChI is InChI=1S/C12H17NO5S/c1-18-11-6-3-2-5-10(11)9-13-19(16,17)8-4-7-12(14)15/h2-3,5-6,13H,4,7-9H2,1H3,(H,14,15). The fourth-order valence-electron chi connectivity index (χ4n) is 1.52. The highest BCUT2D eigenvalue weighted by Gasteiger charge is 2.12. The number of nitrogens with one attached hydrogen (secondary N) is 1. The third-order valence-electron chi connectivity index (χ3n) is 2.48. The molecule has 0 bridgehead atoms. The second-order valence-corrected chi connectivity index (χ2v) is 5.88. The molecule has 7 heteroatoms. The molecule has 0 aliphatic rings. The number of methoxy groups -OCH3 is 1. The molecule has 0 unspecified atom stereocenters. The third-order valence-corrected chi connectivity index (χ3v) is 3.89. The van der Waals surface area contributed by atoms with Crippen LogP contribution in [-0.2, 0) is 21.4 Å². The molecule has 2 N–H and O–H groups in total. The summed E-state index contributed by atoms with van der Waals surface area (Å²) in [6, 6.07) is 7.09. The summed E-state index contributed by atoms with van der Waals surface area (Å²) in [6.45, 7) is 0.124. The van der Waals surface area contributed by atoms with Crippen molar-refractivity contribution >= 4 is 16.0 Å². The van der Waals surface area contributed by atoms with Crippen molar-refractivity contribution in [1.82, 2.24) is 4.72 Å². The van der Waals surface area contributed by atoms with Crippen LogP contribution in [0.5, 0.6) is 5.75 Å². The molecule has 0 aliphatic carbocycles. The molecular formula is C12H17NO5S. The van der Waals surface area contributed by atoms with Gasteiger partial charge in [-0.2, -0.15) is 0 Å². The lowest BCUT2D eigenvalue weighted by molar-refractivity contribution is -0.137. The van der Waals surface area contributed by atoms with E-state index in [4.69, 9.17) is 9.84 Å². The Balaban J connectivity index is 2.53. The summed E-state index contributed by atoms with van der Waals surface area (Å²) in [5, 5.41) is 8.45. The van der Waals surface area contributed by atoms with Crippen LogP contribution in [0.15, 0.2) is 24.3 Å². The quantitative estimate of drug-likeness (QED) is 0.743. The van der Waals surface area contributed by atoms with Gasteiger partial charge in [0.1, 0.15) is 5.75 Å². The summed E-state index contributed by atoms with van der Waals surface area (Å²) in [5.74, 6) is -0.593. The maximum Gasteiger partial charge on any atom is 0.303 e. The number of aliphatic carboxylic acids is 1. The number of ether oxygens (including phenoxy) is 1. The molecule has 0 saturated heterocycles. The predicted molar refractivity (Wildman–Crippen MR) is 70.5 cm³/mol. The maximum absolute atomic E-state index is 11.6. The normalized spacial score (nSPS) is 11.2. The van der Waals surface area contributed by atoms with Crippen molar-refractivity contribution in [3.8, 4) is 5.75 Å². The first kappa shape index (κ1) is 15.5. The van der Waals surface area contributed by atoms with Crippen LogP contribution in [0.25, 0.3) is 0 Å². The molecule has 0 atom stereocenters. The maximum atomic E-state index is 11.6. The van der Waals surface area contributed by atoms with Gasteiger partial charge >= 0.3 is 5.97 Å². The van der Waals surface area contributed by atoms with Crippen LogP contribution in [0.3, 0.4) is 0 Å². The highest BCUT2D eigenvalue weighted by molar-refractivity contribution is 7.89. The number of sulfonamides is 1. The van der Waals surface area contributed by atoms with Gasteiger partial charge in [0.15, 0.2) is 0 Å². The van der Waals surface area contributed by atoms with E-state index in [-0.39, 0.29) is 25.1 Å². The zero-order valence-electron chi connectivity index (χ0n) is 10.6. The molecule has 106 valence electrons. The van der Waals surface area contributed by atoms with Crippen LogP contribution in [0.2, 0.25) is 0 Å². The van der Waals surface area contributed by atoms with Crippen molar-refractivity contribution in [3.05, 3.63) is 29.8 Å². The van der Waals surface area contributed by atoms with Crippen LogP contribution in [0.4, 0.5) is 0 Å². The van der Waals surface area contributed by atoms with Crippen molar-refractivity contribution in [3.63, 3.8) is 0 Å². The number of para-hydroxylation sites is 1. The Morgan fingerprint density at radius 3 is 2.68 bits per heavy atom. The Kier molecular flexibility index (Phi) is 5.78. The Morgan fingerprint density at radius 2 is 2.05 bits per heavy atom. The van der Waals surface area contributed by atoms with Crippen LogP contribution >= 0.6 is 0 Å². The Morgan fingerprint density at radius 1 is 1.37 bits per heavy atom. The monoisotopic (exact) mass is 287 g/mol. The zero-order chi connectivity index (χ0) is 14.3. The molecule has 0 fully saturated rings. The van der Waals surface area contributed by atoms with Crippen molar-refractivity contribution < 1.29 is 23.1 Å². The molecule has 0 spiro atoms. The van der Waals surface area contributed by atoms with Crippen molar-refractivity contribution in [2.75, 3.05) is 12.9 Å². The van der Waals surface area contributed by atoms with Crippen LogP contribution in [0.1, 0.15) is 18.4 Å². The second-order valence-electron chi connectivity index (χ2n) is 3.95. The molecule has 0 aliphatic heterocycles. The molecule has 0 heterocycles. The predicted octanol–water partition coefficient (Wildman–Crippen LogP) is 0.979. The number of hydrogen-bond acceptors (Lipinski definition) is 4. The van der Waals surface area contributed by atoms with Crippen LogP contribution in [0, 0.1) is 0 Å². The fraction of sp³-hybridized carbons (Fsp3) is 0.417. The van der Waals surface area contributed by atoms with Gasteiger partial charge in [-0.05, 0) is 12.5 Å². The second kappa shape index (κ2) is 7.10. The molecular weight excluding hydrogens is 270 g/mol. The van der Waals surface area contributed by atoms with Crippen molar-refractivity contribution in [1.29, 1.82) is 0 Å². The molecule has 6 nitrogen and oxygen atoms in total. The fourth-order valence-corrected chi connectivity index (χ4v) is 2.57. The van der Waals surface area contributed by atoms with Crippen LogP contribution < -0.4 is 9.46 Å². The lowest BCUT2D eigenvalue weighted by Gasteiger charge is -2.09. The molecule has 1 rings (SSSR count). The van der Waals surface area contributed by atoms with Crippen molar-refractivity contribution in [2.24, 2.45) is 0 Å². The average molecular weight is 287 g/mol. The van der Waals surface area contributed by atoms with E-state index in [2.05, 4.69) is 4.72 Å². The number of carboxylic acids is 1. The number of rotatable bonds is 8. The number of hydrogen-bond donors (Lipinski definition) is 2. The number of benzene rings is 1. The smallest absolute Gasteiger partial charge is 0.303 e. The van der Waals surface area contributed by atoms with E-state index in [1.54, 1.807) is 24.3 Å². The minimum atomic E-state index is -3.47. The minimum Gasteiger partial charge on any atom is -0.496 e. The average Bonchev–Trinajstić information content (AvgIpc) is 2.36. The van der Waals surface area contributed by atoms with Gasteiger partial charge in [-0.3, -0.25) is 4.79 Å². The Bertz CT molecular complexity index is 527. The lowest BCUT2D eigenvalue weighted by Crippen LogP contribution is -2.26. The SMILES string of the molecule is COc1ccccc1CNS(=O)(=O)CCCC(=O)O. The Hall–Kier alpha value is -1.60. The summed E-state index contributed by atoms with van der Waals surface area (Å²) >= 11 is 0. The van der Waals surface area contributed by atoms with E-state index in [1.165, 1.54) is 7.11 Å². The highest BCUT2D eigenvalue weighted by Crippen LogP contribution is 2.16. The van der Waals surface area contributed by atoms with Gasteiger partial charge in [0.2, 0.25) is 10.0 Å². The number of carboxylic acid groups (broad SMARTS) is 1. The molecule has 19 heavy (non-hydrogen) atoms. The zero-order valence-corrected chi connectivity index (χ0v) is 11.4. The first-order valence-electron chi connectivity index (χ1n) is 5.75. The molecule has 0 aromatic heterocycles. The van der Waals surface area contributed by atoms with Gasteiger partial charge in [0.25, 0.3) is 0 Å². The van der Waals surface area contributed by atoms with E-state index in [0.29, 0.717) is 5.75 Å². The highest BCUT2D eigenvalue weighted by atomic mass is 32.2. The van der Waals surface area contributed by atoms with E-state index in [1.807, 2.05) is 0 Å². The molecule has 1 aromatic carbocycles. The van der Waals surface area contributed by atoms with Gasteiger partial charge < -0.3 is 9.84 Å².